The summed E-state index contributed by atoms with van der Waals surface area (Å²) in [6.07, 6.45) is 0.488. The number of rotatable bonds is 5. The average Bonchev–Trinajstić information content (AvgIpc) is 2.91. The Morgan fingerprint density at radius 1 is 1.30 bits per heavy atom. The lowest BCUT2D eigenvalue weighted by molar-refractivity contribution is 0.347. The van der Waals surface area contributed by atoms with Gasteiger partial charge in [-0.1, -0.05) is 20.8 Å². The normalized spacial score (nSPS) is 12.5. The van der Waals surface area contributed by atoms with Gasteiger partial charge in [-0.3, -0.25) is 0 Å². The van der Waals surface area contributed by atoms with Crippen molar-refractivity contribution in [2.45, 2.75) is 26.2 Å². The topological polar surface area (TPSA) is 66.0 Å². The van der Waals surface area contributed by atoms with Gasteiger partial charge in [-0.15, -0.1) is 0 Å². The largest absolute Gasteiger partial charge is 0.489 e. The van der Waals surface area contributed by atoms with E-state index in [4.69, 9.17) is 10.5 Å². The average molecular weight is 318 g/mol. The smallest absolute Gasteiger partial charge is 0.158 e. The van der Waals surface area contributed by atoms with Gasteiger partial charge < -0.3 is 10.5 Å². The summed E-state index contributed by atoms with van der Waals surface area (Å²) in [4.78, 5) is 4.62. The number of hydrogen-bond donors (Lipinski definition) is 1. The minimum absolute atomic E-state index is 0.101. The number of aryl methyl sites for hydroxylation is 1. The van der Waals surface area contributed by atoms with Gasteiger partial charge in [0.2, 0.25) is 0 Å². The summed E-state index contributed by atoms with van der Waals surface area (Å²) < 4.78 is 19.7. The van der Waals surface area contributed by atoms with Crippen LogP contribution in [0.15, 0.2) is 36.2 Å². The van der Waals surface area contributed by atoms with E-state index in [0.29, 0.717) is 17.7 Å². The number of aromatic nitrogens is 3. The van der Waals surface area contributed by atoms with E-state index in [9.17, 15) is 4.39 Å². The Morgan fingerprint density at radius 3 is 2.43 bits per heavy atom. The van der Waals surface area contributed by atoms with Crippen molar-refractivity contribution in [3.8, 4) is 17.1 Å². The first kappa shape index (κ1) is 17.1. The summed E-state index contributed by atoms with van der Waals surface area (Å²) in [6, 6.07) is 7.47. The molecule has 1 aromatic carbocycles. The van der Waals surface area contributed by atoms with E-state index in [0.717, 1.165) is 17.2 Å². The van der Waals surface area contributed by atoms with Crippen LogP contribution in [-0.2, 0) is 12.5 Å². The van der Waals surface area contributed by atoms with Crippen molar-refractivity contribution < 1.29 is 9.13 Å². The SMILES string of the molecule is Cn1nc(C(C)(C)C)nc1-c1ccc(OC/C(=C/F)CN)cc1. The Morgan fingerprint density at radius 2 is 1.96 bits per heavy atom. The Kier molecular flexibility index (Phi) is 5.15. The first-order valence-electron chi connectivity index (χ1n) is 7.48. The van der Waals surface area contributed by atoms with Gasteiger partial charge in [0.25, 0.3) is 0 Å². The molecule has 0 aliphatic carbocycles. The molecule has 23 heavy (non-hydrogen) atoms. The molecule has 2 rings (SSSR count). The van der Waals surface area contributed by atoms with Crippen LogP contribution in [0.25, 0.3) is 11.4 Å². The van der Waals surface area contributed by atoms with Gasteiger partial charge in [0, 0.05) is 30.1 Å². The third-order valence-corrected chi connectivity index (χ3v) is 3.39. The first-order chi connectivity index (χ1) is 10.8. The molecule has 0 unspecified atom stereocenters. The Bertz CT molecular complexity index is 684. The summed E-state index contributed by atoms with van der Waals surface area (Å²) in [5.41, 5.74) is 6.66. The fraction of sp³-hybridized carbons (Fsp3) is 0.412. The van der Waals surface area contributed by atoms with Gasteiger partial charge in [0.15, 0.2) is 11.6 Å². The first-order valence-corrected chi connectivity index (χ1v) is 7.48. The fourth-order valence-electron chi connectivity index (χ4n) is 1.96. The fourth-order valence-corrected chi connectivity index (χ4v) is 1.96. The van der Waals surface area contributed by atoms with Crippen LogP contribution in [0.3, 0.4) is 0 Å². The van der Waals surface area contributed by atoms with Crippen molar-refractivity contribution in [1.29, 1.82) is 0 Å². The maximum Gasteiger partial charge on any atom is 0.158 e. The molecule has 0 atom stereocenters. The molecular weight excluding hydrogens is 295 g/mol. The summed E-state index contributed by atoms with van der Waals surface area (Å²) in [5, 5.41) is 4.47. The van der Waals surface area contributed by atoms with Crippen molar-refractivity contribution in [2.75, 3.05) is 13.2 Å². The second-order valence-corrected chi connectivity index (χ2v) is 6.42. The minimum atomic E-state index is -0.101. The lowest BCUT2D eigenvalue weighted by Gasteiger charge is -2.12. The molecule has 1 heterocycles. The van der Waals surface area contributed by atoms with E-state index in [1.165, 1.54) is 0 Å². The second-order valence-electron chi connectivity index (χ2n) is 6.42. The van der Waals surface area contributed by atoms with E-state index in [1.807, 2.05) is 31.3 Å². The number of nitrogens with two attached hydrogens (primary N) is 1. The Hall–Kier alpha value is -2.21. The summed E-state index contributed by atoms with van der Waals surface area (Å²) in [6.45, 7) is 6.52. The monoisotopic (exact) mass is 318 g/mol. The summed E-state index contributed by atoms with van der Waals surface area (Å²) >= 11 is 0. The quantitative estimate of drug-likeness (QED) is 0.920. The van der Waals surface area contributed by atoms with Gasteiger partial charge in [-0.2, -0.15) is 5.10 Å². The second kappa shape index (κ2) is 6.91. The van der Waals surface area contributed by atoms with Crippen LogP contribution in [0.5, 0.6) is 5.75 Å². The highest BCUT2D eigenvalue weighted by Gasteiger charge is 2.21. The van der Waals surface area contributed by atoms with Crippen molar-refractivity contribution in [3.63, 3.8) is 0 Å². The minimum Gasteiger partial charge on any atom is -0.489 e. The lowest BCUT2D eigenvalue weighted by Crippen LogP contribution is -2.13. The molecule has 0 bridgehead atoms. The van der Waals surface area contributed by atoms with Gasteiger partial charge >= 0.3 is 0 Å². The van der Waals surface area contributed by atoms with Crippen LogP contribution in [0.4, 0.5) is 4.39 Å². The zero-order chi connectivity index (χ0) is 17.0. The third kappa shape index (κ3) is 4.16. The molecule has 0 aliphatic heterocycles. The molecule has 0 fully saturated rings. The highest BCUT2D eigenvalue weighted by molar-refractivity contribution is 5.56. The number of benzene rings is 1. The van der Waals surface area contributed by atoms with Crippen LogP contribution in [0.1, 0.15) is 26.6 Å². The maximum atomic E-state index is 12.4. The number of nitrogens with zero attached hydrogens (tertiary/aromatic N) is 3. The van der Waals surface area contributed by atoms with Gasteiger partial charge in [0.1, 0.15) is 12.4 Å². The van der Waals surface area contributed by atoms with Gasteiger partial charge in [-0.25, -0.2) is 14.1 Å². The van der Waals surface area contributed by atoms with E-state index in [1.54, 1.807) is 4.68 Å². The predicted molar refractivity (Wildman–Crippen MR) is 88.9 cm³/mol. The molecule has 2 N–H and O–H groups in total. The summed E-state index contributed by atoms with van der Waals surface area (Å²) in [5.74, 6) is 2.25. The van der Waals surface area contributed by atoms with Crippen LogP contribution in [-0.4, -0.2) is 27.9 Å². The summed E-state index contributed by atoms with van der Waals surface area (Å²) in [7, 11) is 1.88. The molecule has 124 valence electrons. The Balaban J connectivity index is 2.15. The molecule has 0 amide bonds. The van der Waals surface area contributed by atoms with Gasteiger partial charge in [0.05, 0.1) is 6.33 Å². The molecule has 0 radical (unpaired) electrons. The van der Waals surface area contributed by atoms with Crippen LogP contribution in [0.2, 0.25) is 0 Å². The van der Waals surface area contributed by atoms with Crippen molar-refractivity contribution in [2.24, 2.45) is 12.8 Å². The van der Waals surface area contributed by atoms with E-state index in [2.05, 4.69) is 30.9 Å². The number of halogens is 1. The molecule has 0 saturated heterocycles. The van der Waals surface area contributed by atoms with Crippen LogP contribution >= 0.6 is 0 Å². The zero-order valence-electron chi connectivity index (χ0n) is 14.0. The standard InChI is InChI=1S/C17H23FN4O/c1-17(2,3)16-20-15(22(4)21-16)13-5-7-14(8-6-13)23-11-12(9-18)10-19/h5-9H,10-11,19H2,1-4H3/b12-9+. The van der Waals surface area contributed by atoms with Crippen molar-refractivity contribution in [3.05, 3.63) is 42.0 Å². The van der Waals surface area contributed by atoms with Crippen molar-refractivity contribution in [1.82, 2.24) is 14.8 Å². The molecular formula is C17H23FN4O. The number of ether oxygens (including phenoxy) is 1. The molecule has 6 heteroatoms. The zero-order valence-corrected chi connectivity index (χ0v) is 14.0. The van der Waals surface area contributed by atoms with Crippen molar-refractivity contribution >= 4 is 0 Å². The molecule has 0 aliphatic rings. The van der Waals surface area contributed by atoms with Gasteiger partial charge in [-0.05, 0) is 24.3 Å². The molecule has 2 aromatic rings. The third-order valence-electron chi connectivity index (χ3n) is 3.39. The van der Waals surface area contributed by atoms with E-state index >= 15 is 0 Å². The predicted octanol–water partition coefficient (Wildman–Crippen LogP) is 2.97. The highest BCUT2D eigenvalue weighted by Crippen LogP contribution is 2.24. The number of hydrogen-bond acceptors (Lipinski definition) is 4. The molecule has 0 saturated carbocycles. The molecule has 5 nitrogen and oxygen atoms in total. The van der Waals surface area contributed by atoms with E-state index in [-0.39, 0.29) is 18.6 Å². The molecule has 0 spiro atoms. The molecule has 1 aromatic heterocycles. The lowest BCUT2D eigenvalue weighted by atomic mass is 9.96. The van der Waals surface area contributed by atoms with Crippen LogP contribution < -0.4 is 10.5 Å². The highest BCUT2D eigenvalue weighted by atomic mass is 19.1. The maximum absolute atomic E-state index is 12.4. The Labute approximate surface area is 136 Å². The van der Waals surface area contributed by atoms with Crippen LogP contribution in [0, 0.1) is 0 Å². The van der Waals surface area contributed by atoms with E-state index < -0.39 is 0 Å².